The van der Waals surface area contributed by atoms with Crippen molar-refractivity contribution in [3.05, 3.63) is 71.3 Å². The van der Waals surface area contributed by atoms with Gasteiger partial charge in [-0.1, -0.05) is 44.7 Å². The lowest BCUT2D eigenvalue weighted by Crippen LogP contribution is -3.00. The molecule has 0 aliphatic rings. The molecule has 7 heteroatoms. The number of ketones is 1. The van der Waals surface area contributed by atoms with Crippen molar-refractivity contribution < 1.29 is 35.3 Å². The molecular formula is C27H35ClF2N2O2. The maximum absolute atomic E-state index is 13.7. The molecule has 0 radical (unpaired) electrons. The second kappa shape index (κ2) is 14.6. The van der Waals surface area contributed by atoms with E-state index in [0.717, 1.165) is 19.0 Å². The van der Waals surface area contributed by atoms with Gasteiger partial charge in [0.2, 0.25) is 0 Å². The summed E-state index contributed by atoms with van der Waals surface area (Å²) in [6.07, 6.45) is 9.80. The minimum Gasteiger partial charge on any atom is -1.00 e. The van der Waals surface area contributed by atoms with Gasteiger partial charge in [-0.3, -0.25) is 9.59 Å². The Labute approximate surface area is 208 Å². The van der Waals surface area contributed by atoms with Crippen molar-refractivity contribution in [2.24, 2.45) is 0 Å². The van der Waals surface area contributed by atoms with E-state index in [1.54, 1.807) is 24.3 Å². The summed E-state index contributed by atoms with van der Waals surface area (Å²) in [6, 6.07) is 10.3. The molecule has 2 rings (SSSR count). The van der Waals surface area contributed by atoms with E-state index in [4.69, 9.17) is 0 Å². The van der Waals surface area contributed by atoms with Crippen LogP contribution >= 0.6 is 0 Å². The summed E-state index contributed by atoms with van der Waals surface area (Å²) in [4.78, 5) is 24.8. The molecule has 0 aliphatic carbocycles. The zero-order valence-electron chi connectivity index (χ0n) is 20.3. The van der Waals surface area contributed by atoms with Crippen molar-refractivity contribution in [1.29, 1.82) is 0 Å². The number of hydrogen-bond donors (Lipinski definition) is 1. The van der Waals surface area contributed by atoms with Gasteiger partial charge in [-0.2, -0.15) is 0 Å². The lowest BCUT2D eigenvalue weighted by molar-refractivity contribution is -0.882. The van der Waals surface area contributed by atoms with Crippen LogP contribution in [-0.4, -0.2) is 43.4 Å². The van der Waals surface area contributed by atoms with Crippen LogP contribution in [0.4, 0.5) is 14.5 Å². The minimum absolute atomic E-state index is 0. The molecule has 0 spiro atoms. The molecule has 186 valence electrons. The molecule has 1 N–H and O–H groups in total. The fourth-order valence-corrected chi connectivity index (χ4v) is 3.62. The number of benzene rings is 2. The Morgan fingerprint density at radius 1 is 0.941 bits per heavy atom. The number of nitrogens with zero attached hydrogens (tertiary/aromatic N) is 1. The average Bonchev–Trinajstić information content (AvgIpc) is 2.77. The molecule has 0 heterocycles. The van der Waals surface area contributed by atoms with Crippen molar-refractivity contribution >= 4 is 23.5 Å². The summed E-state index contributed by atoms with van der Waals surface area (Å²) in [5.74, 6) is -2.37. The van der Waals surface area contributed by atoms with E-state index >= 15 is 0 Å². The number of quaternary nitrogens is 1. The van der Waals surface area contributed by atoms with E-state index in [1.807, 2.05) is 0 Å². The van der Waals surface area contributed by atoms with Gasteiger partial charge in [0.05, 0.1) is 20.6 Å². The summed E-state index contributed by atoms with van der Waals surface area (Å²) in [5, 5.41) is 2.88. The second-order valence-electron chi connectivity index (χ2n) is 9.05. The molecule has 4 nitrogen and oxygen atoms in total. The van der Waals surface area contributed by atoms with Crippen LogP contribution in [0.3, 0.4) is 0 Å². The molecule has 0 saturated carbocycles. The standard InChI is InChI=1S/C27H34F2N2O2.ClH/c1-4-5-6-7-8-9-19-31(2,3)20-26(33)30-23-16-13-21(14-17-23)25(32)18-15-22-11-10-12-24(28)27(22)29;/h10-18H,4-9,19-20H2,1-3H3;1H/b18-15+;. The first-order valence-corrected chi connectivity index (χ1v) is 11.6. The number of allylic oxidation sites excluding steroid dienone is 1. The number of amides is 1. The first-order valence-electron chi connectivity index (χ1n) is 11.6. The first kappa shape index (κ1) is 29.5. The van der Waals surface area contributed by atoms with Crippen LogP contribution in [0.25, 0.3) is 6.08 Å². The monoisotopic (exact) mass is 492 g/mol. The highest BCUT2D eigenvalue weighted by Gasteiger charge is 2.19. The Kier molecular flexibility index (Phi) is 12.7. The van der Waals surface area contributed by atoms with Gasteiger partial charge in [0.1, 0.15) is 0 Å². The van der Waals surface area contributed by atoms with Gasteiger partial charge in [0.25, 0.3) is 5.91 Å². The number of carbonyl (C=O) groups excluding carboxylic acids is 2. The second-order valence-corrected chi connectivity index (χ2v) is 9.05. The topological polar surface area (TPSA) is 46.2 Å². The quantitative estimate of drug-likeness (QED) is 0.202. The maximum atomic E-state index is 13.7. The molecule has 0 aliphatic heterocycles. The number of rotatable bonds is 13. The van der Waals surface area contributed by atoms with Gasteiger partial charge in [0, 0.05) is 16.8 Å². The first-order chi connectivity index (χ1) is 15.7. The zero-order chi connectivity index (χ0) is 24.3. The summed E-state index contributed by atoms with van der Waals surface area (Å²) >= 11 is 0. The van der Waals surface area contributed by atoms with Gasteiger partial charge in [0.15, 0.2) is 24.0 Å². The Morgan fingerprint density at radius 2 is 1.59 bits per heavy atom. The number of carbonyl (C=O) groups is 2. The van der Waals surface area contributed by atoms with Crippen LogP contribution in [0.15, 0.2) is 48.5 Å². The number of halogens is 3. The van der Waals surface area contributed by atoms with Crippen molar-refractivity contribution in [3.8, 4) is 0 Å². The predicted molar refractivity (Wildman–Crippen MR) is 130 cm³/mol. The summed E-state index contributed by atoms with van der Waals surface area (Å²) in [6.45, 7) is 3.53. The maximum Gasteiger partial charge on any atom is 0.279 e. The lowest BCUT2D eigenvalue weighted by Gasteiger charge is -2.29. The van der Waals surface area contributed by atoms with Crippen LogP contribution in [0, 0.1) is 11.6 Å². The van der Waals surface area contributed by atoms with Crippen LogP contribution in [0.1, 0.15) is 61.4 Å². The Balaban J connectivity index is 0.00000578. The van der Waals surface area contributed by atoms with Crippen LogP contribution in [-0.2, 0) is 4.79 Å². The normalized spacial score (nSPS) is 11.3. The molecule has 0 unspecified atom stereocenters. The minimum atomic E-state index is -0.988. The number of unbranched alkanes of at least 4 members (excludes halogenated alkanes) is 5. The SMILES string of the molecule is CCCCCCCC[N+](C)(C)CC(=O)Nc1ccc(C(=O)/C=C/c2cccc(F)c2F)cc1.[Cl-]. The number of anilines is 1. The lowest BCUT2D eigenvalue weighted by atomic mass is 10.1. The van der Waals surface area contributed by atoms with Crippen LogP contribution < -0.4 is 17.7 Å². The fraction of sp³-hybridized carbons (Fsp3) is 0.407. The summed E-state index contributed by atoms with van der Waals surface area (Å²) in [7, 11) is 4.11. The number of hydrogen-bond acceptors (Lipinski definition) is 2. The van der Waals surface area contributed by atoms with E-state index in [2.05, 4.69) is 26.3 Å². The molecule has 2 aromatic rings. The van der Waals surface area contributed by atoms with Crippen molar-refractivity contribution in [1.82, 2.24) is 0 Å². The fourth-order valence-electron chi connectivity index (χ4n) is 3.62. The van der Waals surface area contributed by atoms with Gasteiger partial charge < -0.3 is 22.2 Å². The molecular weight excluding hydrogens is 458 g/mol. The van der Waals surface area contributed by atoms with Gasteiger partial charge in [-0.25, -0.2) is 8.78 Å². The van der Waals surface area contributed by atoms with E-state index in [-0.39, 0.29) is 29.7 Å². The molecule has 2 aromatic carbocycles. The van der Waals surface area contributed by atoms with Crippen molar-refractivity contribution in [2.45, 2.75) is 45.4 Å². The third-order valence-electron chi connectivity index (χ3n) is 5.54. The largest absolute Gasteiger partial charge is 1.00 e. The summed E-state index contributed by atoms with van der Waals surface area (Å²) < 4.78 is 27.6. The Morgan fingerprint density at radius 3 is 2.26 bits per heavy atom. The average molecular weight is 493 g/mol. The predicted octanol–water partition coefficient (Wildman–Crippen LogP) is 3.24. The third-order valence-corrected chi connectivity index (χ3v) is 5.54. The molecule has 0 saturated heterocycles. The Hall–Kier alpha value is -2.57. The molecule has 0 atom stereocenters. The highest BCUT2D eigenvalue weighted by atomic mass is 35.5. The summed E-state index contributed by atoms with van der Waals surface area (Å²) in [5.41, 5.74) is 1.01. The molecule has 0 aromatic heterocycles. The van der Waals surface area contributed by atoms with Gasteiger partial charge in [-0.15, -0.1) is 0 Å². The molecule has 34 heavy (non-hydrogen) atoms. The number of nitrogens with one attached hydrogen (secondary N) is 1. The molecule has 1 amide bonds. The third kappa shape index (κ3) is 10.1. The van der Waals surface area contributed by atoms with E-state index in [9.17, 15) is 18.4 Å². The van der Waals surface area contributed by atoms with E-state index in [0.29, 0.717) is 22.3 Å². The van der Waals surface area contributed by atoms with Crippen molar-refractivity contribution in [3.63, 3.8) is 0 Å². The number of likely N-dealkylation sites (N-methyl/N-ethyl adjacent to an activating group) is 1. The highest BCUT2D eigenvalue weighted by Crippen LogP contribution is 2.15. The van der Waals surface area contributed by atoms with Crippen LogP contribution in [0.2, 0.25) is 0 Å². The molecule has 0 bridgehead atoms. The van der Waals surface area contributed by atoms with E-state index in [1.165, 1.54) is 56.4 Å². The highest BCUT2D eigenvalue weighted by molar-refractivity contribution is 6.07. The van der Waals surface area contributed by atoms with Gasteiger partial charge >= 0.3 is 0 Å². The van der Waals surface area contributed by atoms with Crippen molar-refractivity contribution in [2.75, 3.05) is 32.5 Å². The van der Waals surface area contributed by atoms with Gasteiger partial charge in [-0.05, 0) is 55.3 Å². The zero-order valence-corrected chi connectivity index (χ0v) is 21.0. The smallest absolute Gasteiger partial charge is 0.279 e. The van der Waals surface area contributed by atoms with E-state index < -0.39 is 11.6 Å². The Bertz CT molecular complexity index is 960. The van der Waals surface area contributed by atoms with Crippen LogP contribution in [0.5, 0.6) is 0 Å². The molecule has 0 fully saturated rings.